The van der Waals surface area contributed by atoms with Gasteiger partial charge in [-0.25, -0.2) is 0 Å². The maximum absolute atomic E-state index is 11.7. The minimum atomic E-state index is -0.272. The smallest absolute Gasteiger partial charge is 0.255 e. The molecule has 17 heavy (non-hydrogen) atoms. The molecule has 1 rings (SSSR count). The van der Waals surface area contributed by atoms with Gasteiger partial charge in [0.25, 0.3) is 5.91 Å². The van der Waals surface area contributed by atoms with E-state index >= 15 is 0 Å². The van der Waals surface area contributed by atoms with Crippen LogP contribution in [-0.4, -0.2) is 22.9 Å². The van der Waals surface area contributed by atoms with Crippen LogP contribution in [0.3, 0.4) is 0 Å². The van der Waals surface area contributed by atoms with E-state index in [2.05, 4.69) is 21.2 Å². The van der Waals surface area contributed by atoms with Crippen LogP contribution in [0.15, 0.2) is 22.7 Å². The predicted molar refractivity (Wildman–Crippen MR) is 72.7 cm³/mol. The zero-order valence-corrected chi connectivity index (χ0v) is 11.9. The van der Waals surface area contributed by atoms with Crippen LogP contribution in [0, 0.1) is 0 Å². The average Bonchev–Trinajstić information content (AvgIpc) is 2.27. The van der Waals surface area contributed by atoms with Crippen LogP contribution in [0.1, 0.15) is 30.1 Å². The quantitative estimate of drug-likeness (QED) is 0.646. The van der Waals surface area contributed by atoms with Gasteiger partial charge in [-0.2, -0.15) is 0 Å². The third-order valence-corrected chi connectivity index (χ3v) is 2.98. The fraction of sp³-hybridized carbons (Fsp3) is 0.417. The first-order valence-corrected chi connectivity index (χ1v) is 6.64. The second kappa shape index (κ2) is 6.87. The molecule has 0 aliphatic rings. The number of nitrogens with one attached hydrogen (secondary N) is 1. The van der Waals surface area contributed by atoms with E-state index in [-0.39, 0.29) is 22.6 Å². The van der Waals surface area contributed by atoms with Gasteiger partial charge in [0.2, 0.25) is 0 Å². The van der Waals surface area contributed by atoms with Crippen molar-refractivity contribution in [3.63, 3.8) is 0 Å². The van der Waals surface area contributed by atoms with Crippen molar-refractivity contribution in [1.29, 1.82) is 0 Å². The highest BCUT2D eigenvalue weighted by atomic mass is 79.9. The number of alkyl halides is 1. The SMILES string of the molecule is CC(Cl)CCCNC(=O)c1cc(Br)ccc1O. The highest BCUT2D eigenvalue weighted by Gasteiger charge is 2.10. The van der Waals surface area contributed by atoms with Gasteiger partial charge in [0.1, 0.15) is 5.75 Å². The molecule has 94 valence electrons. The number of benzene rings is 1. The van der Waals surface area contributed by atoms with Gasteiger partial charge >= 0.3 is 0 Å². The molecule has 0 aliphatic carbocycles. The molecule has 0 spiro atoms. The predicted octanol–water partition coefficient (Wildman–Crippen LogP) is 3.29. The summed E-state index contributed by atoms with van der Waals surface area (Å²) in [5.41, 5.74) is 0.276. The molecule has 1 aromatic carbocycles. The Morgan fingerprint density at radius 3 is 2.94 bits per heavy atom. The van der Waals surface area contributed by atoms with Crippen molar-refractivity contribution < 1.29 is 9.90 Å². The van der Waals surface area contributed by atoms with Crippen LogP contribution in [0.4, 0.5) is 0 Å². The number of carbonyl (C=O) groups excluding carboxylic acids is 1. The lowest BCUT2D eigenvalue weighted by atomic mass is 10.2. The molecular formula is C12H15BrClNO2. The number of rotatable bonds is 5. The molecule has 5 heteroatoms. The molecule has 0 heterocycles. The molecule has 1 aromatic rings. The zero-order chi connectivity index (χ0) is 12.8. The Hall–Kier alpha value is -0.740. The van der Waals surface area contributed by atoms with Crippen molar-refractivity contribution in [2.45, 2.75) is 25.1 Å². The van der Waals surface area contributed by atoms with E-state index in [9.17, 15) is 9.90 Å². The number of phenols is 1. The van der Waals surface area contributed by atoms with Crippen molar-refractivity contribution in [2.24, 2.45) is 0 Å². The van der Waals surface area contributed by atoms with Crippen LogP contribution in [-0.2, 0) is 0 Å². The van der Waals surface area contributed by atoms with E-state index in [1.807, 2.05) is 6.92 Å². The Bertz CT molecular complexity index is 396. The minimum absolute atomic E-state index is 0.0172. The van der Waals surface area contributed by atoms with Crippen LogP contribution >= 0.6 is 27.5 Å². The molecule has 1 amide bonds. The van der Waals surface area contributed by atoms with Gasteiger partial charge < -0.3 is 10.4 Å². The third-order valence-electron chi connectivity index (χ3n) is 2.27. The van der Waals surface area contributed by atoms with Gasteiger partial charge in [-0.15, -0.1) is 11.6 Å². The molecule has 0 aromatic heterocycles. The Balaban J connectivity index is 2.49. The molecule has 1 unspecified atom stereocenters. The second-order valence-corrected chi connectivity index (χ2v) is 5.50. The second-order valence-electron chi connectivity index (χ2n) is 3.84. The number of carbonyl (C=O) groups is 1. The Kier molecular flexibility index (Phi) is 5.78. The highest BCUT2D eigenvalue weighted by Crippen LogP contribution is 2.21. The highest BCUT2D eigenvalue weighted by molar-refractivity contribution is 9.10. The number of halogens is 2. The van der Waals surface area contributed by atoms with Crippen molar-refractivity contribution in [3.8, 4) is 5.75 Å². The van der Waals surface area contributed by atoms with Gasteiger partial charge in [0, 0.05) is 16.4 Å². The molecule has 0 saturated carbocycles. The summed E-state index contributed by atoms with van der Waals surface area (Å²) in [6, 6.07) is 4.76. The van der Waals surface area contributed by atoms with E-state index in [1.54, 1.807) is 12.1 Å². The fourth-order valence-electron chi connectivity index (χ4n) is 1.37. The molecule has 0 fully saturated rings. The summed E-state index contributed by atoms with van der Waals surface area (Å²) in [7, 11) is 0. The molecule has 2 N–H and O–H groups in total. The van der Waals surface area contributed by atoms with E-state index in [0.29, 0.717) is 6.54 Å². The van der Waals surface area contributed by atoms with Gasteiger partial charge in [-0.05, 0) is 38.0 Å². The first-order chi connectivity index (χ1) is 8.00. The number of hydrogen-bond donors (Lipinski definition) is 2. The zero-order valence-electron chi connectivity index (χ0n) is 9.54. The monoisotopic (exact) mass is 319 g/mol. The Morgan fingerprint density at radius 2 is 2.29 bits per heavy atom. The molecule has 0 aliphatic heterocycles. The summed E-state index contributed by atoms with van der Waals surface area (Å²) in [5.74, 6) is -0.289. The lowest BCUT2D eigenvalue weighted by Crippen LogP contribution is -2.24. The molecular weight excluding hydrogens is 305 g/mol. The molecule has 3 nitrogen and oxygen atoms in total. The van der Waals surface area contributed by atoms with Gasteiger partial charge in [-0.3, -0.25) is 4.79 Å². The van der Waals surface area contributed by atoms with Gasteiger partial charge in [-0.1, -0.05) is 15.9 Å². The number of amides is 1. The average molecular weight is 321 g/mol. The summed E-state index contributed by atoms with van der Waals surface area (Å²) >= 11 is 9.05. The molecule has 0 saturated heterocycles. The van der Waals surface area contributed by atoms with Crippen LogP contribution in [0.25, 0.3) is 0 Å². The summed E-state index contributed by atoms with van der Waals surface area (Å²) in [6.45, 7) is 2.48. The third kappa shape index (κ3) is 4.96. The van der Waals surface area contributed by atoms with Gasteiger partial charge in [0.05, 0.1) is 5.56 Å². The van der Waals surface area contributed by atoms with Crippen LogP contribution in [0.2, 0.25) is 0 Å². The summed E-state index contributed by atoms with van der Waals surface area (Å²) in [5, 5.41) is 12.4. The van der Waals surface area contributed by atoms with Crippen LogP contribution in [0.5, 0.6) is 5.75 Å². The lowest BCUT2D eigenvalue weighted by molar-refractivity contribution is 0.0950. The topological polar surface area (TPSA) is 49.3 Å². The summed E-state index contributed by atoms with van der Waals surface area (Å²) in [4.78, 5) is 11.7. The summed E-state index contributed by atoms with van der Waals surface area (Å²) < 4.78 is 0.759. The molecule has 1 atom stereocenters. The van der Waals surface area contributed by atoms with Crippen LogP contribution < -0.4 is 5.32 Å². The maximum Gasteiger partial charge on any atom is 0.255 e. The first-order valence-electron chi connectivity index (χ1n) is 5.41. The van der Waals surface area contributed by atoms with E-state index in [0.717, 1.165) is 17.3 Å². The maximum atomic E-state index is 11.7. The lowest BCUT2D eigenvalue weighted by Gasteiger charge is -2.07. The van der Waals surface area contributed by atoms with Crippen molar-refractivity contribution in [2.75, 3.05) is 6.54 Å². The number of hydrogen-bond acceptors (Lipinski definition) is 2. The van der Waals surface area contributed by atoms with Crippen molar-refractivity contribution >= 4 is 33.4 Å². The number of phenolic OH excluding ortho intramolecular Hbond substituents is 1. The fourth-order valence-corrected chi connectivity index (χ4v) is 1.89. The Morgan fingerprint density at radius 1 is 1.59 bits per heavy atom. The first kappa shape index (κ1) is 14.3. The van der Waals surface area contributed by atoms with Crippen molar-refractivity contribution in [1.82, 2.24) is 5.32 Å². The Labute approximate surface area is 114 Å². The molecule has 0 bridgehead atoms. The van der Waals surface area contributed by atoms with E-state index in [4.69, 9.17) is 11.6 Å². The van der Waals surface area contributed by atoms with E-state index in [1.165, 1.54) is 6.07 Å². The normalized spacial score (nSPS) is 12.2. The standard InChI is InChI=1S/C12H15BrClNO2/c1-8(14)3-2-6-15-12(17)10-7-9(13)4-5-11(10)16/h4-5,7-8,16H,2-3,6H2,1H3,(H,15,17). The minimum Gasteiger partial charge on any atom is -0.507 e. The number of aromatic hydroxyl groups is 1. The van der Waals surface area contributed by atoms with E-state index < -0.39 is 0 Å². The molecule has 0 radical (unpaired) electrons. The summed E-state index contributed by atoms with van der Waals surface area (Å²) in [6.07, 6.45) is 1.68. The van der Waals surface area contributed by atoms with Crippen molar-refractivity contribution in [3.05, 3.63) is 28.2 Å². The largest absolute Gasteiger partial charge is 0.507 e. The van der Waals surface area contributed by atoms with Gasteiger partial charge in [0.15, 0.2) is 0 Å².